The third kappa shape index (κ3) is 6.49. The number of allylic oxidation sites excluding steroid dienone is 3. The van der Waals surface area contributed by atoms with Gasteiger partial charge >= 0.3 is 0 Å². The summed E-state index contributed by atoms with van der Waals surface area (Å²) < 4.78 is 17.5. The summed E-state index contributed by atoms with van der Waals surface area (Å²) in [5, 5.41) is 10.1. The molecule has 3 aliphatic heterocycles. The molecule has 0 aromatic rings. The molecule has 0 saturated carbocycles. The normalized spacial score (nSPS) is 30.0. The molecule has 5 nitrogen and oxygen atoms in total. The molecule has 0 spiro atoms. The van der Waals surface area contributed by atoms with Crippen molar-refractivity contribution in [3.8, 4) is 0 Å². The van der Waals surface area contributed by atoms with Gasteiger partial charge in [-0.05, 0) is 43.3 Å². The van der Waals surface area contributed by atoms with Crippen molar-refractivity contribution in [2.75, 3.05) is 19.8 Å². The van der Waals surface area contributed by atoms with Crippen LogP contribution in [0.2, 0.25) is 0 Å². The summed E-state index contributed by atoms with van der Waals surface area (Å²) in [5.41, 5.74) is 2.14. The highest BCUT2D eigenvalue weighted by Gasteiger charge is 2.49. The van der Waals surface area contributed by atoms with Crippen LogP contribution in [0.4, 0.5) is 0 Å². The first-order valence-electron chi connectivity index (χ1n) is 12.0. The fourth-order valence-electron chi connectivity index (χ4n) is 4.46. The van der Waals surface area contributed by atoms with Gasteiger partial charge < -0.3 is 19.3 Å². The van der Waals surface area contributed by atoms with E-state index >= 15 is 0 Å². The van der Waals surface area contributed by atoms with Crippen LogP contribution in [0.1, 0.15) is 90.9 Å². The van der Waals surface area contributed by atoms with Gasteiger partial charge in [-0.15, -0.1) is 0 Å². The Balaban J connectivity index is 1.35. The molecule has 0 radical (unpaired) electrons. The smallest absolute Gasteiger partial charge is 0.282 e. The molecule has 0 amide bonds. The summed E-state index contributed by atoms with van der Waals surface area (Å²) >= 11 is 0. The van der Waals surface area contributed by atoms with E-state index in [0.717, 1.165) is 81.8 Å². The van der Waals surface area contributed by atoms with Crippen molar-refractivity contribution in [3.05, 3.63) is 23.3 Å². The summed E-state index contributed by atoms with van der Waals surface area (Å²) in [6, 6.07) is 0. The molecule has 4 rings (SSSR count). The Hall–Kier alpha value is -1.01. The Kier molecular flexibility index (Phi) is 8.70. The lowest BCUT2D eigenvalue weighted by atomic mass is 9.91. The SMILES string of the molecule is CCCCC[C@H](O)/C=C/C1=C(CCCCCCC23OCC(C)(CO2)CO3)C(=O)CC1. The molecule has 170 valence electrons. The predicted molar refractivity (Wildman–Crippen MR) is 117 cm³/mol. The summed E-state index contributed by atoms with van der Waals surface area (Å²) in [6.45, 7) is 6.44. The van der Waals surface area contributed by atoms with Gasteiger partial charge in [-0.25, -0.2) is 0 Å². The highest BCUT2D eigenvalue weighted by molar-refractivity contribution is 5.99. The summed E-state index contributed by atoms with van der Waals surface area (Å²) in [4.78, 5) is 12.3. The number of hydrogen-bond acceptors (Lipinski definition) is 5. The molecule has 3 saturated heterocycles. The van der Waals surface area contributed by atoms with E-state index in [4.69, 9.17) is 14.2 Å². The van der Waals surface area contributed by atoms with Crippen molar-refractivity contribution in [2.24, 2.45) is 5.41 Å². The van der Waals surface area contributed by atoms with Crippen LogP contribution < -0.4 is 0 Å². The number of rotatable bonds is 13. The zero-order valence-corrected chi connectivity index (χ0v) is 18.9. The molecule has 2 bridgehead atoms. The van der Waals surface area contributed by atoms with Crippen LogP contribution in [0.25, 0.3) is 0 Å². The van der Waals surface area contributed by atoms with Crippen LogP contribution in [0.5, 0.6) is 0 Å². The summed E-state index contributed by atoms with van der Waals surface area (Å²) in [6.07, 6.45) is 14.9. The summed E-state index contributed by atoms with van der Waals surface area (Å²) in [7, 11) is 0. The Labute approximate surface area is 181 Å². The van der Waals surface area contributed by atoms with Gasteiger partial charge in [0.25, 0.3) is 5.97 Å². The molecule has 0 aromatic carbocycles. The van der Waals surface area contributed by atoms with E-state index in [1.54, 1.807) is 0 Å². The molecule has 4 aliphatic rings. The molecule has 3 heterocycles. The van der Waals surface area contributed by atoms with Gasteiger partial charge in [0.1, 0.15) is 0 Å². The first kappa shape index (κ1) is 23.6. The fourth-order valence-corrected chi connectivity index (χ4v) is 4.46. The van der Waals surface area contributed by atoms with E-state index in [0.29, 0.717) is 26.2 Å². The average molecular weight is 421 g/mol. The Morgan fingerprint density at radius 2 is 1.70 bits per heavy atom. The van der Waals surface area contributed by atoms with Crippen LogP contribution in [0.3, 0.4) is 0 Å². The molecule has 0 aromatic heterocycles. The minimum Gasteiger partial charge on any atom is -0.389 e. The van der Waals surface area contributed by atoms with Crippen molar-refractivity contribution in [3.63, 3.8) is 0 Å². The first-order chi connectivity index (χ1) is 14.5. The maximum Gasteiger partial charge on any atom is 0.282 e. The third-order valence-corrected chi connectivity index (χ3v) is 6.55. The minimum absolute atomic E-state index is 0.0149. The second kappa shape index (κ2) is 11.0. The standard InChI is InChI=1S/C25H40O5/c1-3-4-7-10-21(26)14-12-20-13-15-23(27)22(20)11-8-5-6-9-16-25-28-17-24(2,18-29-25)19-30-25/h12,14,21,26H,3-11,13,15-19H2,1-2H3/b14-12+/t21-,24?,25?/m0/s1. The Bertz CT molecular complexity index is 611. The number of ketones is 1. The van der Waals surface area contributed by atoms with Crippen LogP contribution in [-0.4, -0.2) is 42.8 Å². The highest BCUT2D eigenvalue weighted by Crippen LogP contribution is 2.40. The van der Waals surface area contributed by atoms with E-state index < -0.39 is 12.1 Å². The number of ether oxygens (including phenoxy) is 3. The number of hydrogen-bond donors (Lipinski definition) is 1. The monoisotopic (exact) mass is 420 g/mol. The number of Topliss-reactive ketones (excluding diaryl/α,β-unsaturated/α-hetero) is 1. The Morgan fingerprint density at radius 3 is 2.40 bits per heavy atom. The second-order valence-corrected chi connectivity index (χ2v) is 9.62. The van der Waals surface area contributed by atoms with Gasteiger partial charge in [0.15, 0.2) is 5.78 Å². The quantitative estimate of drug-likeness (QED) is 0.414. The zero-order valence-electron chi connectivity index (χ0n) is 18.9. The van der Waals surface area contributed by atoms with Gasteiger partial charge in [0.05, 0.1) is 25.9 Å². The van der Waals surface area contributed by atoms with Gasteiger partial charge in [-0.3, -0.25) is 4.79 Å². The van der Waals surface area contributed by atoms with Gasteiger partial charge in [-0.2, -0.15) is 0 Å². The van der Waals surface area contributed by atoms with Crippen LogP contribution >= 0.6 is 0 Å². The fraction of sp³-hybridized carbons (Fsp3) is 0.800. The number of carbonyl (C=O) groups is 1. The third-order valence-electron chi connectivity index (χ3n) is 6.55. The van der Waals surface area contributed by atoms with Crippen molar-refractivity contribution >= 4 is 5.78 Å². The molecular formula is C25H40O5. The van der Waals surface area contributed by atoms with Crippen LogP contribution in [0.15, 0.2) is 23.3 Å². The van der Waals surface area contributed by atoms with Crippen molar-refractivity contribution in [1.29, 1.82) is 0 Å². The van der Waals surface area contributed by atoms with Gasteiger partial charge in [0, 0.05) is 18.3 Å². The lowest BCUT2D eigenvalue weighted by Gasteiger charge is -2.50. The van der Waals surface area contributed by atoms with Crippen molar-refractivity contribution in [1.82, 2.24) is 0 Å². The average Bonchev–Trinajstić information content (AvgIpc) is 3.10. The number of fused-ring (bicyclic) bond motifs is 3. The Morgan fingerprint density at radius 1 is 1.00 bits per heavy atom. The lowest BCUT2D eigenvalue weighted by molar-refractivity contribution is -0.467. The second-order valence-electron chi connectivity index (χ2n) is 9.62. The van der Waals surface area contributed by atoms with E-state index in [1.807, 2.05) is 12.2 Å². The predicted octanol–water partition coefficient (Wildman–Crippen LogP) is 5.22. The number of aliphatic hydroxyl groups is 1. The molecule has 1 N–H and O–H groups in total. The van der Waals surface area contributed by atoms with Crippen molar-refractivity contribution < 1.29 is 24.1 Å². The van der Waals surface area contributed by atoms with E-state index in [2.05, 4.69) is 13.8 Å². The molecule has 1 atom stereocenters. The molecule has 3 fully saturated rings. The lowest BCUT2D eigenvalue weighted by Crippen LogP contribution is -2.58. The molecule has 0 unspecified atom stereocenters. The zero-order chi connectivity index (χ0) is 21.5. The number of aliphatic hydroxyl groups excluding tert-OH is 1. The topological polar surface area (TPSA) is 65.0 Å². The van der Waals surface area contributed by atoms with E-state index in [-0.39, 0.29) is 11.2 Å². The van der Waals surface area contributed by atoms with Gasteiger partial charge in [0.2, 0.25) is 0 Å². The number of carbonyl (C=O) groups excluding carboxylic acids is 1. The van der Waals surface area contributed by atoms with E-state index in [1.165, 1.54) is 0 Å². The van der Waals surface area contributed by atoms with Crippen LogP contribution in [0, 0.1) is 5.41 Å². The molecule has 30 heavy (non-hydrogen) atoms. The van der Waals surface area contributed by atoms with E-state index in [9.17, 15) is 9.90 Å². The molecule has 5 heteroatoms. The maximum atomic E-state index is 12.3. The number of unbranched alkanes of at least 4 members (excludes halogenated alkanes) is 5. The maximum absolute atomic E-state index is 12.3. The summed E-state index contributed by atoms with van der Waals surface area (Å²) in [5.74, 6) is -0.519. The largest absolute Gasteiger partial charge is 0.389 e. The minimum atomic E-state index is -0.808. The molecular weight excluding hydrogens is 380 g/mol. The van der Waals surface area contributed by atoms with Gasteiger partial charge in [-0.1, -0.05) is 58.1 Å². The highest BCUT2D eigenvalue weighted by atomic mass is 16.9. The van der Waals surface area contributed by atoms with Crippen molar-refractivity contribution in [2.45, 2.75) is 103 Å². The van der Waals surface area contributed by atoms with Crippen LogP contribution in [-0.2, 0) is 19.0 Å². The molecule has 1 aliphatic carbocycles. The first-order valence-corrected chi connectivity index (χ1v) is 12.0.